The quantitative estimate of drug-likeness (QED) is 0.532. The summed E-state index contributed by atoms with van der Waals surface area (Å²) in [5.74, 6) is -0.365. The molecule has 0 aliphatic heterocycles. The first kappa shape index (κ1) is 13.9. The van der Waals surface area contributed by atoms with Crippen molar-refractivity contribution in [2.45, 2.75) is 6.92 Å². The van der Waals surface area contributed by atoms with E-state index in [0.717, 1.165) is 12.3 Å². The molecule has 0 spiro atoms. The number of hydrogen-bond donors (Lipinski definition) is 1. The Hall–Kier alpha value is -2.54. The fraction of sp³-hybridized carbons (Fsp3) is 0.0833. The van der Waals surface area contributed by atoms with Crippen LogP contribution in [0.1, 0.15) is 16.1 Å². The van der Waals surface area contributed by atoms with E-state index in [1.807, 2.05) is 0 Å². The van der Waals surface area contributed by atoms with Crippen molar-refractivity contribution in [2.24, 2.45) is 0 Å². The molecule has 0 unspecified atom stereocenters. The van der Waals surface area contributed by atoms with Gasteiger partial charge in [0.1, 0.15) is 22.7 Å². The Bertz CT molecular complexity index is 690. The second-order valence-corrected chi connectivity index (χ2v) is 4.29. The summed E-state index contributed by atoms with van der Waals surface area (Å²) in [5, 5.41) is 13.3. The molecule has 2 aromatic heterocycles. The Morgan fingerprint density at radius 2 is 2.20 bits per heavy atom. The van der Waals surface area contributed by atoms with Gasteiger partial charge in [0.25, 0.3) is 11.6 Å². The Labute approximate surface area is 118 Å². The van der Waals surface area contributed by atoms with E-state index in [-0.39, 0.29) is 10.7 Å². The average Bonchev–Trinajstić information content (AvgIpc) is 2.38. The van der Waals surface area contributed by atoms with Crippen molar-refractivity contribution in [3.63, 3.8) is 0 Å². The molecule has 1 N–H and O–H groups in total. The van der Waals surface area contributed by atoms with Crippen molar-refractivity contribution >= 4 is 29.0 Å². The zero-order valence-corrected chi connectivity index (χ0v) is 11.1. The maximum absolute atomic E-state index is 12.1. The number of carbonyl (C=O) groups is 1. The van der Waals surface area contributed by atoms with E-state index in [1.54, 1.807) is 25.1 Å². The van der Waals surface area contributed by atoms with Gasteiger partial charge in [0, 0.05) is 5.69 Å². The number of rotatable bonds is 3. The van der Waals surface area contributed by atoms with Crippen molar-refractivity contribution < 1.29 is 9.72 Å². The number of nitro groups is 1. The number of carbonyl (C=O) groups excluding carboxylic acids is 1. The number of anilines is 1. The molecule has 0 fully saturated rings. The highest BCUT2D eigenvalue weighted by Gasteiger charge is 2.21. The summed E-state index contributed by atoms with van der Waals surface area (Å²) < 4.78 is 0. The number of amides is 1. The monoisotopic (exact) mass is 292 g/mol. The Kier molecular flexibility index (Phi) is 3.90. The smallest absolute Gasteiger partial charge is 0.300 e. The van der Waals surface area contributed by atoms with Crippen molar-refractivity contribution in [1.82, 2.24) is 9.97 Å². The molecule has 0 aromatic carbocycles. The van der Waals surface area contributed by atoms with Crippen molar-refractivity contribution in [3.05, 3.63) is 57.0 Å². The van der Waals surface area contributed by atoms with Gasteiger partial charge in [-0.05, 0) is 25.1 Å². The van der Waals surface area contributed by atoms with Gasteiger partial charge in [-0.25, -0.2) is 9.97 Å². The fourth-order valence-electron chi connectivity index (χ4n) is 1.55. The lowest BCUT2D eigenvalue weighted by Gasteiger charge is -2.05. The van der Waals surface area contributed by atoms with Gasteiger partial charge in [-0.15, -0.1) is 0 Å². The first-order valence-corrected chi connectivity index (χ1v) is 5.90. The Morgan fingerprint density at radius 3 is 2.85 bits per heavy atom. The van der Waals surface area contributed by atoms with E-state index in [2.05, 4.69) is 15.3 Å². The average molecular weight is 293 g/mol. The fourth-order valence-corrected chi connectivity index (χ4v) is 1.70. The van der Waals surface area contributed by atoms with E-state index < -0.39 is 16.5 Å². The molecule has 20 heavy (non-hydrogen) atoms. The predicted octanol–water partition coefficient (Wildman–Crippen LogP) is 2.60. The summed E-state index contributed by atoms with van der Waals surface area (Å²) in [4.78, 5) is 29.9. The van der Waals surface area contributed by atoms with Gasteiger partial charge >= 0.3 is 0 Å². The normalized spacial score (nSPS) is 10.1. The number of hydrogen-bond acceptors (Lipinski definition) is 5. The minimum Gasteiger partial charge on any atom is -0.306 e. The summed E-state index contributed by atoms with van der Waals surface area (Å²) in [6, 6.07) is 6.21. The van der Waals surface area contributed by atoms with E-state index in [4.69, 9.17) is 11.6 Å². The number of nitrogens with zero attached hydrogens (tertiary/aromatic N) is 3. The molecule has 1 amide bonds. The molecule has 0 bridgehead atoms. The first-order chi connectivity index (χ1) is 9.47. The van der Waals surface area contributed by atoms with E-state index in [0.29, 0.717) is 11.5 Å². The molecule has 2 aromatic rings. The maximum atomic E-state index is 12.1. The molecule has 8 heteroatoms. The van der Waals surface area contributed by atoms with Crippen molar-refractivity contribution in [3.8, 4) is 0 Å². The summed E-state index contributed by atoms with van der Waals surface area (Å²) >= 11 is 5.66. The summed E-state index contributed by atoms with van der Waals surface area (Å²) in [6.07, 6.45) is 0.945. The standard InChI is InChI=1S/C12H9ClN4O3/c1-7-3-2-4-11(15-7)16-12(18)8-5-10(13)14-6-9(8)17(19)20/h2-6H,1H3,(H,15,16,18). The van der Waals surface area contributed by atoms with Gasteiger partial charge in [0.2, 0.25) is 0 Å². The third-order valence-corrected chi connectivity index (χ3v) is 2.63. The maximum Gasteiger partial charge on any atom is 0.300 e. The second kappa shape index (κ2) is 5.62. The van der Waals surface area contributed by atoms with E-state index in [9.17, 15) is 14.9 Å². The second-order valence-electron chi connectivity index (χ2n) is 3.90. The Balaban J connectivity index is 2.34. The van der Waals surface area contributed by atoms with Gasteiger partial charge in [-0.1, -0.05) is 17.7 Å². The summed E-state index contributed by atoms with van der Waals surface area (Å²) in [6.45, 7) is 1.77. The number of aromatic nitrogens is 2. The molecule has 7 nitrogen and oxygen atoms in total. The highest BCUT2D eigenvalue weighted by atomic mass is 35.5. The largest absolute Gasteiger partial charge is 0.306 e. The molecule has 0 saturated carbocycles. The molecule has 2 rings (SSSR count). The molecule has 0 saturated heterocycles. The summed E-state index contributed by atoms with van der Waals surface area (Å²) in [5.41, 5.74) is 0.128. The van der Waals surface area contributed by atoms with Crippen molar-refractivity contribution in [2.75, 3.05) is 5.32 Å². The molecular formula is C12H9ClN4O3. The summed E-state index contributed by atoms with van der Waals surface area (Å²) in [7, 11) is 0. The molecule has 0 aliphatic rings. The highest BCUT2D eigenvalue weighted by molar-refractivity contribution is 6.30. The lowest BCUT2D eigenvalue weighted by atomic mass is 10.2. The van der Waals surface area contributed by atoms with Gasteiger partial charge in [-0.3, -0.25) is 14.9 Å². The number of pyridine rings is 2. The van der Waals surface area contributed by atoms with Crippen LogP contribution in [0.3, 0.4) is 0 Å². The SMILES string of the molecule is Cc1cccc(NC(=O)c2cc(Cl)ncc2[N+](=O)[O-])n1. The lowest BCUT2D eigenvalue weighted by Crippen LogP contribution is -2.15. The zero-order valence-electron chi connectivity index (χ0n) is 10.3. The van der Waals surface area contributed by atoms with Crippen LogP contribution in [0.2, 0.25) is 5.15 Å². The number of halogens is 1. The van der Waals surface area contributed by atoms with Crippen LogP contribution >= 0.6 is 11.6 Å². The molecule has 102 valence electrons. The minimum atomic E-state index is -0.693. The lowest BCUT2D eigenvalue weighted by molar-refractivity contribution is -0.385. The number of aryl methyl sites for hydroxylation is 1. The molecule has 0 aliphatic carbocycles. The van der Waals surface area contributed by atoms with Crippen molar-refractivity contribution in [1.29, 1.82) is 0 Å². The van der Waals surface area contributed by atoms with E-state index >= 15 is 0 Å². The highest BCUT2D eigenvalue weighted by Crippen LogP contribution is 2.21. The molecule has 0 radical (unpaired) electrons. The van der Waals surface area contributed by atoms with Gasteiger partial charge in [-0.2, -0.15) is 0 Å². The zero-order chi connectivity index (χ0) is 14.7. The third-order valence-electron chi connectivity index (χ3n) is 2.42. The molecule has 0 atom stereocenters. The van der Waals surface area contributed by atoms with E-state index in [1.165, 1.54) is 0 Å². The van der Waals surface area contributed by atoms with Gasteiger partial charge < -0.3 is 5.32 Å². The van der Waals surface area contributed by atoms with Gasteiger partial charge in [0.05, 0.1) is 4.92 Å². The topological polar surface area (TPSA) is 98.0 Å². The van der Waals surface area contributed by atoms with Crippen LogP contribution in [-0.4, -0.2) is 20.8 Å². The van der Waals surface area contributed by atoms with Crippen LogP contribution in [0.4, 0.5) is 11.5 Å². The van der Waals surface area contributed by atoms with Crippen LogP contribution in [0.5, 0.6) is 0 Å². The van der Waals surface area contributed by atoms with Crippen LogP contribution in [-0.2, 0) is 0 Å². The predicted molar refractivity (Wildman–Crippen MR) is 72.8 cm³/mol. The molecular weight excluding hydrogens is 284 g/mol. The number of nitrogens with one attached hydrogen (secondary N) is 1. The van der Waals surface area contributed by atoms with Crippen LogP contribution < -0.4 is 5.32 Å². The minimum absolute atomic E-state index is 0.00190. The van der Waals surface area contributed by atoms with Crippen LogP contribution in [0.15, 0.2) is 30.5 Å². The van der Waals surface area contributed by atoms with Crippen LogP contribution in [0, 0.1) is 17.0 Å². The third kappa shape index (κ3) is 3.07. The molecule has 2 heterocycles. The van der Waals surface area contributed by atoms with Crippen LogP contribution in [0.25, 0.3) is 0 Å². The Morgan fingerprint density at radius 1 is 1.45 bits per heavy atom. The first-order valence-electron chi connectivity index (χ1n) is 5.52. The van der Waals surface area contributed by atoms with Gasteiger partial charge in [0.15, 0.2) is 0 Å².